The molecule has 0 bridgehead atoms. The average Bonchev–Trinajstić information content (AvgIpc) is 1.44. The summed E-state index contributed by atoms with van der Waals surface area (Å²) in [6.07, 6.45) is 3.09. The Kier molecular flexibility index (Phi) is 2.05. The van der Waals surface area contributed by atoms with Crippen molar-refractivity contribution in [3.8, 4) is 0 Å². The Morgan fingerprint density at radius 1 is 0.750 bits per heavy atom. The molecule has 1 fully saturated rings. The van der Waals surface area contributed by atoms with Crippen molar-refractivity contribution in [1.82, 2.24) is 0 Å². The van der Waals surface area contributed by atoms with Gasteiger partial charge in [0.25, 0.3) is 0 Å². The van der Waals surface area contributed by atoms with E-state index >= 15 is 0 Å². The molecule has 1 saturated carbocycles. The van der Waals surface area contributed by atoms with Crippen LogP contribution in [0.25, 0.3) is 0 Å². The molecule has 0 amide bonds. The van der Waals surface area contributed by atoms with E-state index in [4.69, 9.17) is 11.5 Å². The van der Waals surface area contributed by atoms with E-state index in [9.17, 15) is 0 Å². The predicted molar refractivity (Wildman–Crippen MR) is 52.8 cm³/mol. The minimum Gasteiger partial charge on any atom is -0.325 e. The lowest BCUT2D eigenvalue weighted by Gasteiger charge is -2.48. The van der Waals surface area contributed by atoms with E-state index in [0.717, 1.165) is 19.3 Å². The van der Waals surface area contributed by atoms with E-state index < -0.39 is 0 Å². The van der Waals surface area contributed by atoms with E-state index in [1.165, 1.54) is 0 Å². The first-order valence-corrected chi connectivity index (χ1v) is 4.70. The number of rotatable bonds is 0. The maximum Gasteiger partial charge on any atom is 0.0148 e. The normalized spacial score (nSPS) is 47.5. The molecular formula is C10H22N2. The maximum atomic E-state index is 6.15. The molecule has 0 spiro atoms. The molecule has 0 aromatic rings. The molecule has 1 rings (SSSR count). The van der Waals surface area contributed by atoms with E-state index in [2.05, 4.69) is 27.7 Å². The fourth-order valence-corrected chi connectivity index (χ4v) is 3.30. The number of hydrogen-bond acceptors (Lipinski definition) is 2. The highest BCUT2D eigenvalue weighted by Gasteiger charge is 2.43. The fourth-order valence-electron chi connectivity index (χ4n) is 3.30. The van der Waals surface area contributed by atoms with E-state index in [-0.39, 0.29) is 11.1 Å². The van der Waals surface area contributed by atoms with Crippen LogP contribution in [0.2, 0.25) is 0 Å². The third-order valence-corrected chi connectivity index (χ3v) is 2.57. The predicted octanol–water partition coefficient (Wildman–Crippen LogP) is 1.63. The van der Waals surface area contributed by atoms with Gasteiger partial charge in [-0.3, -0.25) is 0 Å². The largest absolute Gasteiger partial charge is 0.325 e. The zero-order chi connectivity index (χ0) is 9.62. The molecule has 1 aliphatic carbocycles. The van der Waals surface area contributed by atoms with E-state index in [0.29, 0.717) is 5.41 Å². The molecular weight excluding hydrogens is 148 g/mol. The van der Waals surface area contributed by atoms with E-state index in [1.54, 1.807) is 0 Å². The summed E-state index contributed by atoms with van der Waals surface area (Å²) >= 11 is 0. The Hall–Kier alpha value is -0.0800. The summed E-state index contributed by atoms with van der Waals surface area (Å²) in [6.45, 7) is 8.72. The van der Waals surface area contributed by atoms with Gasteiger partial charge in [0, 0.05) is 11.1 Å². The molecule has 2 nitrogen and oxygen atoms in total. The monoisotopic (exact) mass is 170 g/mol. The van der Waals surface area contributed by atoms with Crippen LogP contribution in [-0.4, -0.2) is 11.1 Å². The molecule has 2 atom stereocenters. The zero-order valence-electron chi connectivity index (χ0n) is 8.78. The quantitative estimate of drug-likeness (QED) is 0.580. The van der Waals surface area contributed by atoms with Crippen LogP contribution in [0, 0.1) is 5.41 Å². The van der Waals surface area contributed by atoms with Crippen LogP contribution in [-0.2, 0) is 0 Å². The van der Waals surface area contributed by atoms with Crippen LogP contribution in [0.3, 0.4) is 0 Å². The van der Waals surface area contributed by atoms with Gasteiger partial charge >= 0.3 is 0 Å². The summed E-state index contributed by atoms with van der Waals surface area (Å²) in [7, 11) is 0. The lowest BCUT2D eigenvalue weighted by molar-refractivity contribution is 0.0982. The Morgan fingerprint density at radius 3 is 1.33 bits per heavy atom. The maximum absolute atomic E-state index is 6.15. The van der Waals surface area contributed by atoms with Crippen molar-refractivity contribution in [2.75, 3.05) is 0 Å². The fraction of sp³-hybridized carbons (Fsp3) is 1.00. The van der Waals surface area contributed by atoms with Crippen LogP contribution in [0.5, 0.6) is 0 Å². The second-order valence-corrected chi connectivity index (χ2v) is 6.00. The molecule has 0 aliphatic heterocycles. The minimum atomic E-state index is -0.0781. The van der Waals surface area contributed by atoms with Crippen molar-refractivity contribution in [3.63, 3.8) is 0 Å². The van der Waals surface area contributed by atoms with Crippen molar-refractivity contribution >= 4 is 0 Å². The molecule has 4 N–H and O–H groups in total. The lowest BCUT2D eigenvalue weighted by atomic mass is 9.62. The van der Waals surface area contributed by atoms with Gasteiger partial charge in [-0.2, -0.15) is 0 Å². The molecule has 1 aliphatic rings. The van der Waals surface area contributed by atoms with Gasteiger partial charge in [0.15, 0.2) is 0 Å². The standard InChI is InChI=1S/C10H22N2/c1-8(2)5-9(3,11)7-10(4,12)6-8/h5-7,11-12H2,1-4H3. The first kappa shape index (κ1) is 10.0. The van der Waals surface area contributed by atoms with Gasteiger partial charge in [0.2, 0.25) is 0 Å². The Bertz CT molecular complexity index is 135. The molecule has 0 saturated heterocycles. The third kappa shape index (κ3) is 2.46. The second kappa shape index (κ2) is 2.46. The van der Waals surface area contributed by atoms with Gasteiger partial charge in [-0.15, -0.1) is 0 Å². The van der Waals surface area contributed by atoms with Crippen molar-refractivity contribution in [3.05, 3.63) is 0 Å². The number of hydrogen-bond donors (Lipinski definition) is 2. The van der Waals surface area contributed by atoms with Gasteiger partial charge in [-0.25, -0.2) is 0 Å². The summed E-state index contributed by atoms with van der Waals surface area (Å²) < 4.78 is 0. The molecule has 2 heteroatoms. The molecule has 0 aromatic carbocycles. The summed E-state index contributed by atoms with van der Waals surface area (Å²) in [5.74, 6) is 0. The molecule has 72 valence electrons. The first-order valence-electron chi connectivity index (χ1n) is 4.70. The topological polar surface area (TPSA) is 52.0 Å². The SMILES string of the molecule is CC1(C)CC(C)(N)CC(C)(N)C1. The highest BCUT2D eigenvalue weighted by atomic mass is 14.8. The van der Waals surface area contributed by atoms with Crippen molar-refractivity contribution in [2.24, 2.45) is 16.9 Å². The Balaban J connectivity index is 2.81. The van der Waals surface area contributed by atoms with Crippen LogP contribution in [0.15, 0.2) is 0 Å². The second-order valence-electron chi connectivity index (χ2n) is 6.00. The van der Waals surface area contributed by atoms with Gasteiger partial charge in [0.1, 0.15) is 0 Å². The summed E-state index contributed by atoms with van der Waals surface area (Å²) in [5, 5.41) is 0. The lowest BCUT2D eigenvalue weighted by Crippen LogP contribution is -2.57. The summed E-state index contributed by atoms with van der Waals surface area (Å²) in [4.78, 5) is 0. The van der Waals surface area contributed by atoms with Gasteiger partial charge in [-0.05, 0) is 38.5 Å². The molecule has 2 unspecified atom stereocenters. The molecule has 0 aromatic heterocycles. The highest BCUT2D eigenvalue weighted by molar-refractivity contribution is 5.02. The molecule has 12 heavy (non-hydrogen) atoms. The van der Waals surface area contributed by atoms with E-state index in [1.807, 2.05) is 0 Å². The first-order chi connectivity index (χ1) is 5.12. The van der Waals surface area contributed by atoms with Gasteiger partial charge in [-0.1, -0.05) is 13.8 Å². The zero-order valence-corrected chi connectivity index (χ0v) is 8.78. The summed E-state index contributed by atoms with van der Waals surface area (Å²) in [5.41, 5.74) is 12.4. The molecule has 0 radical (unpaired) electrons. The van der Waals surface area contributed by atoms with Gasteiger partial charge in [0.05, 0.1) is 0 Å². The van der Waals surface area contributed by atoms with Crippen LogP contribution in [0.1, 0.15) is 47.0 Å². The van der Waals surface area contributed by atoms with Crippen molar-refractivity contribution in [1.29, 1.82) is 0 Å². The average molecular weight is 170 g/mol. The van der Waals surface area contributed by atoms with Crippen molar-refractivity contribution in [2.45, 2.75) is 58.0 Å². The Morgan fingerprint density at radius 2 is 1.08 bits per heavy atom. The van der Waals surface area contributed by atoms with Crippen LogP contribution in [0.4, 0.5) is 0 Å². The van der Waals surface area contributed by atoms with Crippen molar-refractivity contribution < 1.29 is 0 Å². The van der Waals surface area contributed by atoms with Crippen LogP contribution >= 0.6 is 0 Å². The Labute approximate surface area is 75.7 Å². The summed E-state index contributed by atoms with van der Waals surface area (Å²) in [6, 6.07) is 0. The molecule has 0 heterocycles. The highest BCUT2D eigenvalue weighted by Crippen LogP contribution is 2.43. The van der Waals surface area contributed by atoms with Crippen LogP contribution < -0.4 is 11.5 Å². The minimum absolute atomic E-state index is 0.0781. The third-order valence-electron chi connectivity index (χ3n) is 2.57. The smallest absolute Gasteiger partial charge is 0.0148 e. The van der Waals surface area contributed by atoms with Gasteiger partial charge < -0.3 is 11.5 Å². The number of nitrogens with two attached hydrogens (primary N) is 2.